The van der Waals surface area contributed by atoms with E-state index in [4.69, 9.17) is 27.9 Å². The molecule has 1 N–H and O–H groups in total. The number of ether oxygens (including phenoxy) is 1. The molecule has 1 atom stereocenters. The molecule has 0 bridgehead atoms. The molecule has 2 rings (SSSR count). The van der Waals surface area contributed by atoms with Crippen LogP contribution >= 0.6 is 23.2 Å². The maximum absolute atomic E-state index is 13.1. The van der Waals surface area contributed by atoms with Gasteiger partial charge in [-0.1, -0.05) is 67.7 Å². The summed E-state index contributed by atoms with van der Waals surface area (Å²) >= 11 is 12.2. The van der Waals surface area contributed by atoms with Gasteiger partial charge in [0.15, 0.2) is 6.61 Å². The minimum Gasteiger partial charge on any atom is -0.484 e. The van der Waals surface area contributed by atoms with Gasteiger partial charge in [-0.05, 0) is 49.1 Å². The first kappa shape index (κ1) is 25.0. The fraction of sp³-hybridized carbons (Fsp3) is 0.417. The van der Waals surface area contributed by atoms with Crippen LogP contribution in [0.15, 0.2) is 42.5 Å². The van der Waals surface area contributed by atoms with E-state index in [1.165, 1.54) is 0 Å². The smallest absolute Gasteiger partial charge is 0.261 e. The molecule has 0 aliphatic heterocycles. The van der Waals surface area contributed by atoms with Crippen molar-refractivity contribution in [2.45, 2.75) is 46.7 Å². The summed E-state index contributed by atoms with van der Waals surface area (Å²) in [6, 6.07) is 12.0. The Morgan fingerprint density at radius 2 is 1.74 bits per heavy atom. The standard InChI is InChI=1S/C24H30Cl2N2O3/c1-5-22(24(30)27-13-16(2)3)28(14-18-8-11-20(25)21(26)12-18)23(29)15-31-19-9-6-17(4)7-10-19/h6-12,16,22H,5,13-15H2,1-4H3,(H,27,30)/t22-/m1/s1. The van der Waals surface area contributed by atoms with Crippen LogP contribution in [0.4, 0.5) is 0 Å². The Balaban J connectivity index is 2.21. The van der Waals surface area contributed by atoms with Crippen LogP contribution in [0.25, 0.3) is 0 Å². The van der Waals surface area contributed by atoms with Crippen molar-refractivity contribution >= 4 is 35.0 Å². The Morgan fingerprint density at radius 3 is 2.32 bits per heavy atom. The summed E-state index contributed by atoms with van der Waals surface area (Å²) in [4.78, 5) is 27.5. The van der Waals surface area contributed by atoms with Gasteiger partial charge in [0.1, 0.15) is 11.8 Å². The van der Waals surface area contributed by atoms with Gasteiger partial charge < -0.3 is 15.0 Å². The summed E-state index contributed by atoms with van der Waals surface area (Å²) in [6.07, 6.45) is 0.474. The zero-order valence-corrected chi connectivity index (χ0v) is 20.0. The maximum Gasteiger partial charge on any atom is 0.261 e. The van der Waals surface area contributed by atoms with Gasteiger partial charge in [-0.2, -0.15) is 0 Å². The Kier molecular flexibility index (Phi) is 9.66. The van der Waals surface area contributed by atoms with Crippen LogP contribution in [0.5, 0.6) is 5.75 Å². The zero-order chi connectivity index (χ0) is 23.0. The van der Waals surface area contributed by atoms with Crippen molar-refractivity contribution in [1.82, 2.24) is 10.2 Å². The number of nitrogens with zero attached hydrogens (tertiary/aromatic N) is 1. The highest BCUT2D eigenvalue weighted by molar-refractivity contribution is 6.42. The molecule has 2 aromatic rings. The van der Waals surface area contributed by atoms with Crippen LogP contribution in [0.1, 0.15) is 38.3 Å². The normalized spacial score (nSPS) is 11.8. The summed E-state index contributed by atoms with van der Waals surface area (Å²) in [5, 5.41) is 3.77. The van der Waals surface area contributed by atoms with E-state index in [2.05, 4.69) is 5.32 Å². The summed E-state index contributed by atoms with van der Waals surface area (Å²) < 4.78 is 5.69. The third-order valence-electron chi connectivity index (χ3n) is 4.79. The largest absolute Gasteiger partial charge is 0.484 e. The van der Waals surface area contributed by atoms with Crippen molar-refractivity contribution in [3.05, 3.63) is 63.6 Å². The van der Waals surface area contributed by atoms with E-state index < -0.39 is 6.04 Å². The van der Waals surface area contributed by atoms with Gasteiger partial charge in [0.2, 0.25) is 5.91 Å². The molecule has 168 valence electrons. The highest BCUT2D eigenvalue weighted by Gasteiger charge is 2.29. The fourth-order valence-electron chi connectivity index (χ4n) is 3.04. The Labute approximate surface area is 194 Å². The van der Waals surface area contributed by atoms with Crippen molar-refractivity contribution in [2.75, 3.05) is 13.2 Å². The third kappa shape index (κ3) is 7.75. The summed E-state index contributed by atoms with van der Waals surface area (Å²) in [6.45, 7) is 8.51. The predicted molar refractivity (Wildman–Crippen MR) is 126 cm³/mol. The lowest BCUT2D eigenvalue weighted by Crippen LogP contribution is -2.50. The van der Waals surface area contributed by atoms with Gasteiger partial charge in [0, 0.05) is 13.1 Å². The van der Waals surface area contributed by atoms with Gasteiger partial charge >= 0.3 is 0 Å². The number of hydrogen-bond acceptors (Lipinski definition) is 3. The molecular formula is C24H30Cl2N2O3. The molecule has 0 spiro atoms. The van der Waals surface area contributed by atoms with E-state index >= 15 is 0 Å². The molecule has 0 heterocycles. The number of aryl methyl sites for hydroxylation is 1. The first-order valence-electron chi connectivity index (χ1n) is 10.4. The number of amides is 2. The number of carbonyl (C=O) groups excluding carboxylic acids is 2. The van der Waals surface area contributed by atoms with Gasteiger partial charge in [0.25, 0.3) is 5.91 Å². The quantitative estimate of drug-likeness (QED) is 0.521. The molecule has 0 saturated heterocycles. The Morgan fingerprint density at radius 1 is 1.06 bits per heavy atom. The molecule has 7 heteroatoms. The summed E-state index contributed by atoms with van der Waals surface area (Å²) in [5.41, 5.74) is 1.89. The molecule has 5 nitrogen and oxygen atoms in total. The van der Waals surface area contributed by atoms with E-state index in [1.807, 2.05) is 52.0 Å². The number of hydrogen-bond donors (Lipinski definition) is 1. The predicted octanol–water partition coefficient (Wildman–Crippen LogP) is 5.26. The monoisotopic (exact) mass is 464 g/mol. The van der Waals surface area contributed by atoms with Crippen LogP contribution in [-0.2, 0) is 16.1 Å². The van der Waals surface area contributed by atoms with Crippen molar-refractivity contribution in [1.29, 1.82) is 0 Å². The van der Waals surface area contributed by atoms with Crippen LogP contribution < -0.4 is 10.1 Å². The Bertz CT molecular complexity index is 885. The first-order chi connectivity index (χ1) is 14.7. The summed E-state index contributed by atoms with van der Waals surface area (Å²) in [7, 11) is 0. The average Bonchev–Trinajstić information content (AvgIpc) is 2.74. The van der Waals surface area contributed by atoms with Crippen LogP contribution in [0.2, 0.25) is 10.0 Å². The lowest BCUT2D eigenvalue weighted by molar-refractivity contribution is -0.143. The number of halogens is 2. The molecular weight excluding hydrogens is 435 g/mol. The van der Waals surface area contributed by atoms with Crippen LogP contribution in [0.3, 0.4) is 0 Å². The number of rotatable bonds is 10. The van der Waals surface area contributed by atoms with Gasteiger partial charge in [0.05, 0.1) is 10.0 Å². The lowest BCUT2D eigenvalue weighted by atomic mass is 10.1. The molecule has 0 fully saturated rings. The molecule has 0 unspecified atom stereocenters. The van der Waals surface area contributed by atoms with Crippen LogP contribution in [-0.4, -0.2) is 35.9 Å². The summed E-state index contributed by atoms with van der Waals surface area (Å²) in [5.74, 6) is 0.453. The highest BCUT2D eigenvalue weighted by Crippen LogP contribution is 2.24. The minimum absolute atomic E-state index is 0.168. The molecule has 0 aliphatic carbocycles. The molecule has 0 aromatic heterocycles. The van der Waals surface area contributed by atoms with Crippen molar-refractivity contribution in [3.8, 4) is 5.75 Å². The van der Waals surface area contributed by atoms with Crippen LogP contribution in [0, 0.1) is 12.8 Å². The molecule has 2 amide bonds. The second-order valence-corrected chi connectivity index (χ2v) is 8.75. The van der Waals surface area contributed by atoms with E-state index in [9.17, 15) is 9.59 Å². The number of carbonyl (C=O) groups is 2. The van der Waals surface area contributed by atoms with Gasteiger partial charge in [-0.3, -0.25) is 9.59 Å². The molecule has 0 aliphatic rings. The van der Waals surface area contributed by atoms with Gasteiger partial charge in [-0.25, -0.2) is 0 Å². The Hall–Kier alpha value is -2.24. The van der Waals surface area contributed by atoms with Crippen molar-refractivity contribution in [3.63, 3.8) is 0 Å². The topological polar surface area (TPSA) is 58.6 Å². The van der Waals surface area contributed by atoms with Gasteiger partial charge in [-0.15, -0.1) is 0 Å². The third-order valence-corrected chi connectivity index (χ3v) is 5.53. The second-order valence-electron chi connectivity index (χ2n) is 7.93. The van der Waals surface area contributed by atoms with E-state index in [-0.39, 0.29) is 25.0 Å². The molecule has 0 radical (unpaired) electrons. The van der Waals surface area contributed by atoms with Crippen molar-refractivity contribution < 1.29 is 14.3 Å². The SMILES string of the molecule is CC[C@H](C(=O)NCC(C)C)N(Cc1ccc(Cl)c(Cl)c1)C(=O)COc1ccc(C)cc1. The number of nitrogens with one attached hydrogen (secondary N) is 1. The first-order valence-corrected chi connectivity index (χ1v) is 11.2. The fourth-order valence-corrected chi connectivity index (χ4v) is 3.36. The minimum atomic E-state index is -0.623. The van der Waals surface area contributed by atoms with E-state index in [0.29, 0.717) is 34.7 Å². The maximum atomic E-state index is 13.1. The molecule has 0 saturated carbocycles. The lowest BCUT2D eigenvalue weighted by Gasteiger charge is -2.31. The molecule has 2 aromatic carbocycles. The molecule has 31 heavy (non-hydrogen) atoms. The van der Waals surface area contributed by atoms with E-state index in [1.54, 1.807) is 23.1 Å². The highest BCUT2D eigenvalue weighted by atomic mass is 35.5. The van der Waals surface area contributed by atoms with Crippen molar-refractivity contribution in [2.24, 2.45) is 5.92 Å². The zero-order valence-electron chi connectivity index (χ0n) is 18.5. The van der Waals surface area contributed by atoms with E-state index in [0.717, 1.165) is 11.1 Å². The number of benzene rings is 2. The average molecular weight is 465 g/mol. The second kappa shape index (κ2) is 12.0.